The van der Waals surface area contributed by atoms with E-state index in [2.05, 4.69) is 0 Å². The molecule has 0 fully saturated rings. The Morgan fingerprint density at radius 1 is 0.846 bits per heavy atom. The Bertz CT molecular complexity index is 284. The molecule has 0 heterocycles. The van der Waals surface area contributed by atoms with Gasteiger partial charge in [0, 0.05) is 40.4 Å². The van der Waals surface area contributed by atoms with Crippen LogP contribution in [-0.4, -0.2) is 22.2 Å². The van der Waals surface area contributed by atoms with Gasteiger partial charge in [0.25, 0.3) is 0 Å². The van der Waals surface area contributed by atoms with E-state index in [0.29, 0.717) is 0 Å². The van der Waals surface area contributed by atoms with E-state index in [9.17, 15) is 9.59 Å². The van der Waals surface area contributed by atoms with Gasteiger partial charge in [-0.15, -0.1) is 0 Å². The van der Waals surface area contributed by atoms with Crippen LogP contribution >= 0.6 is 0 Å². The van der Waals surface area contributed by atoms with E-state index in [0.717, 1.165) is 0 Å². The third-order valence-corrected chi connectivity index (χ3v) is 1.38. The summed E-state index contributed by atoms with van der Waals surface area (Å²) >= 11 is 0. The van der Waals surface area contributed by atoms with Gasteiger partial charge >= 0.3 is 11.9 Å². The molecule has 2 N–H and O–H groups in total. The molecule has 5 heteroatoms. The van der Waals surface area contributed by atoms with Crippen LogP contribution in [0.2, 0.25) is 0 Å². The number of hydrogen-bond donors (Lipinski definition) is 2. The number of carboxylic acid groups (broad SMARTS) is 2. The van der Waals surface area contributed by atoms with Crippen LogP contribution in [0.15, 0.2) is 24.3 Å². The van der Waals surface area contributed by atoms with E-state index < -0.39 is 11.9 Å². The number of rotatable bonds is 2. The second kappa shape index (κ2) is 5.28. The second-order valence-electron chi connectivity index (χ2n) is 2.19. The molecule has 0 aliphatic carbocycles. The molecule has 4 nitrogen and oxygen atoms in total. The van der Waals surface area contributed by atoms with Crippen molar-refractivity contribution in [3.05, 3.63) is 35.4 Å². The second-order valence-corrected chi connectivity index (χ2v) is 2.19. The molecule has 1 aromatic carbocycles. The fourth-order valence-corrected chi connectivity index (χ4v) is 0.755. The molecule has 0 amide bonds. The van der Waals surface area contributed by atoms with Gasteiger partial charge in [-0.25, -0.2) is 9.59 Å². The summed E-state index contributed by atoms with van der Waals surface area (Å²) in [5, 5.41) is 16.9. The van der Waals surface area contributed by atoms with E-state index >= 15 is 0 Å². The average Bonchev–Trinajstić information content (AvgIpc) is 2.04. The van der Waals surface area contributed by atoms with Crippen LogP contribution in [0.5, 0.6) is 0 Å². The van der Waals surface area contributed by atoms with Crippen molar-refractivity contribution >= 4 is 11.9 Å². The zero-order valence-corrected chi connectivity index (χ0v) is 9.05. The van der Waals surface area contributed by atoms with Gasteiger partial charge in [0.1, 0.15) is 0 Å². The maximum Gasteiger partial charge on any atom is 0.335 e. The molecular weight excluding hydrogens is 310 g/mol. The van der Waals surface area contributed by atoms with Crippen molar-refractivity contribution in [2.24, 2.45) is 0 Å². The minimum atomic E-state index is -1.06. The van der Waals surface area contributed by atoms with Crippen molar-refractivity contribution in [2.75, 3.05) is 0 Å². The predicted octanol–water partition coefficient (Wildman–Crippen LogP) is 1.08. The quantitative estimate of drug-likeness (QED) is 0.856. The first-order chi connectivity index (χ1) is 5.61. The van der Waals surface area contributed by atoms with Gasteiger partial charge in [-0.1, -0.05) is 0 Å². The van der Waals surface area contributed by atoms with Gasteiger partial charge in [0.15, 0.2) is 0 Å². The van der Waals surface area contributed by atoms with Crippen LogP contribution < -0.4 is 0 Å². The number of hydrogen-bond acceptors (Lipinski definition) is 2. The van der Waals surface area contributed by atoms with Gasteiger partial charge in [-0.3, -0.25) is 0 Å². The Kier molecular flexibility index (Phi) is 5.07. The normalized spacial score (nSPS) is 8.62. The van der Waals surface area contributed by atoms with Crippen molar-refractivity contribution in [1.29, 1.82) is 0 Å². The Morgan fingerprint density at radius 2 is 1.08 bits per heavy atom. The molecule has 0 spiro atoms. The van der Waals surface area contributed by atoms with Crippen LogP contribution in [0.3, 0.4) is 0 Å². The Morgan fingerprint density at radius 3 is 1.23 bits per heavy atom. The van der Waals surface area contributed by atoms with Crippen molar-refractivity contribution < 1.29 is 60.2 Å². The summed E-state index contributed by atoms with van der Waals surface area (Å²) in [6.45, 7) is 0. The van der Waals surface area contributed by atoms with E-state index in [1.165, 1.54) is 24.3 Å². The molecule has 0 bridgehead atoms. The summed E-state index contributed by atoms with van der Waals surface area (Å²) in [4.78, 5) is 20.7. The first-order valence-corrected chi connectivity index (χ1v) is 3.18. The Hall–Kier alpha value is -0.502. The van der Waals surface area contributed by atoms with Crippen molar-refractivity contribution in [3.8, 4) is 0 Å². The van der Waals surface area contributed by atoms with E-state index in [1.807, 2.05) is 0 Å². The van der Waals surface area contributed by atoms with Crippen LogP contribution in [0.1, 0.15) is 20.7 Å². The van der Waals surface area contributed by atoms with Crippen LogP contribution in [-0.2, 0) is 0 Å². The maximum atomic E-state index is 10.3. The fraction of sp³-hybridized carbons (Fsp3) is 0. The molecule has 0 radical (unpaired) electrons. The molecule has 0 aliphatic rings. The smallest absolute Gasteiger partial charge is 0.335 e. The van der Waals surface area contributed by atoms with E-state index in [4.69, 9.17) is 10.2 Å². The van der Waals surface area contributed by atoms with Crippen molar-refractivity contribution in [1.82, 2.24) is 0 Å². The minimum absolute atomic E-state index is 0. The molecule has 1 rings (SSSR count). The Labute approximate surface area is 107 Å². The monoisotopic (exact) mass is 318 g/mol. The maximum absolute atomic E-state index is 10.3. The largest absolute Gasteiger partial charge is 0.478 e. The third kappa shape index (κ3) is 3.39. The standard InChI is InChI=1S/C8H6O4.Sm/c9-7(10)5-1-2-6(4-3-5)8(11)12;/h1-4H,(H,9,10)(H,11,12);. The first kappa shape index (κ1) is 12.5. The van der Waals surface area contributed by atoms with Crippen molar-refractivity contribution in [2.45, 2.75) is 0 Å². The Balaban J connectivity index is 0.00000144. The number of benzene rings is 1. The van der Waals surface area contributed by atoms with Gasteiger partial charge in [-0.05, 0) is 24.3 Å². The third-order valence-electron chi connectivity index (χ3n) is 1.38. The molecule has 0 saturated heterocycles. The predicted molar refractivity (Wildman–Crippen MR) is 40.4 cm³/mol. The average molecular weight is 316 g/mol. The zero-order valence-electron chi connectivity index (χ0n) is 6.43. The summed E-state index contributed by atoms with van der Waals surface area (Å²) in [7, 11) is 0. The van der Waals surface area contributed by atoms with Crippen LogP contribution in [0, 0.1) is 40.4 Å². The SMILES string of the molecule is O=C(O)c1ccc(C(=O)O)cc1.[Sm]. The topological polar surface area (TPSA) is 74.6 Å². The first-order valence-electron chi connectivity index (χ1n) is 3.18. The molecule has 0 atom stereocenters. The molecule has 1 aromatic rings. The fourth-order valence-electron chi connectivity index (χ4n) is 0.755. The van der Waals surface area contributed by atoms with Crippen LogP contribution in [0.4, 0.5) is 0 Å². The van der Waals surface area contributed by atoms with Crippen molar-refractivity contribution in [3.63, 3.8) is 0 Å². The molecule has 0 aromatic heterocycles. The molecule has 0 saturated carbocycles. The molecule has 0 aliphatic heterocycles. The summed E-state index contributed by atoms with van der Waals surface area (Å²) in [5.41, 5.74) is 0.167. The molecule has 13 heavy (non-hydrogen) atoms. The number of carbonyl (C=O) groups is 2. The summed E-state index contributed by atoms with van der Waals surface area (Å²) in [6, 6.07) is 5.02. The van der Waals surface area contributed by atoms with Gasteiger partial charge in [0.2, 0.25) is 0 Å². The summed E-state index contributed by atoms with van der Waals surface area (Å²) in [6.07, 6.45) is 0. The molecule has 0 unspecified atom stereocenters. The summed E-state index contributed by atoms with van der Waals surface area (Å²) in [5.74, 6) is -2.13. The summed E-state index contributed by atoms with van der Waals surface area (Å²) < 4.78 is 0. The van der Waals surface area contributed by atoms with Crippen LogP contribution in [0.25, 0.3) is 0 Å². The van der Waals surface area contributed by atoms with Gasteiger partial charge in [0.05, 0.1) is 11.1 Å². The number of carboxylic acids is 2. The number of aromatic carboxylic acids is 2. The van der Waals surface area contributed by atoms with Gasteiger partial charge in [-0.2, -0.15) is 0 Å². The minimum Gasteiger partial charge on any atom is -0.478 e. The van der Waals surface area contributed by atoms with E-state index in [1.54, 1.807) is 0 Å². The molecular formula is C8H6O4Sm. The zero-order chi connectivity index (χ0) is 9.14. The molecule has 68 valence electrons. The van der Waals surface area contributed by atoms with E-state index in [-0.39, 0.29) is 51.5 Å². The van der Waals surface area contributed by atoms with Gasteiger partial charge < -0.3 is 10.2 Å².